The van der Waals surface area contributed by atoms with Crippen molar-refractivity contribution in [3.8, 4) is 0 Å². The van der Waals surface area contributed by atoms with Gasteiger partial charge in [0, 0.05) is 12.3 Å². The van der Waals surface area contributed by atoms with Gasteiger partial charge < -0.3 is 5.73 Å². The van der Waals surface area contributed by atoms with Crippen LogP contribution in [0.1, 0.15) is 0 Å². The Hall–Kier alpha value is -0.640. The maximum atomic E-state index is 12.1. The molecule has 0 unspecified atom stereocenters. The number of nitrogen functional groups attached to an aromatic ring is 1. The van der Waals surface area contributed by atoms with E-state index in [-0.39, 0.29) is 0 Å². The van der Waals surface area contributed by atoms with Gasteiger partial charge in [-0.1, -0.05) is 0 Å². The van der Waals surface area contributed by atoms with Gasteiger partial charge >= 0.3 is 0 Å². The highest BCUT2D eigenvalue weighted by Crippen LogP contribution is 2.16. The van der Waals surface area contributed by atoms with E-state index in [0.717, 1.165) is 6.07 Å². The van der Waals surface area contributed by atoms with Crippen molar-refractivity contribution in [2.24, 2.45) is 0 Å². The van der Waals surface area contributed by atoms with Crippen molar-refractivity contribution in [2.75, 3.05) is 5.73 Å². The zero-order valence-corrected chi connectivity index (χ0v) is 6.02. The quantitative estimate of drug-likeness (QED) is 0.632. The number of nitrogens with zero attached hydrogens (tertiary/aromatic N) is 1. The minimum absolute atomic E-state index is 0.363. The van der Waals surface area contributed by atoms with Crippen molar-refractivity contribution in [1.82, 2.24) is 4.98 Å². The van der Waals surface area contributed by atoms with Crippen LogP contribution in [0, 0.1) is 5.95 Å². The standard InChI is InChI=1S/C5H4BrFN2/c6-3-2-9-5(7)1-4(3)8/h1-2H,(H2,8,9). The van der Waals surface area contributed by atoms with E-state index in [1.54, 1.807) is 0 Å². The molecule has 1 rings (SSSR count). The fourth-order valence-electron chi connectivity index (χ4n) is 0.427. The van der Waals surface area contributed by atoms with E-state index in [4.69, 9.17) is 5.73 Å². The first-order valence-electron chi connectivity index (χ1n) is 2.26. The molecule has 1 heterocycles. The summed E-state index contributed by atoms with van der Waals surface area (Å²) < 4.78 is 12.8. The first-order valence-corrected chi connectivity index (χ1v) is 3.06. The minimum Gasteiger partial charge on any atom is -0.398 e. The number of hydrogen-bond donors (Lipinski definition) is 1. The zero-order chi connectivity index (χ0) is 6.85. The van der Waals surface area contributed by atoms with E-state index < -0.39 is 5.95 Å². The van der Waals surface area contributed by atoms with E-state index in [0.29, 0.717) is 10.2 Å². The highest BCUT2D eigenvalue weighted by molar-refractivity contribution is 9.10. The highest BCUT2D eigenvalue weighted by Gasteiger charge is 1.95. The lowest BCUT2D eigenvalue weighted by molar-refractivity contribution is 0.584. The van der Waals surface area contributed by atoms with Crippen molar-refractivity contribution >= 4 is 21.6 Å². The summed E-state index contributed by atoms with van der Waals surface area (Å²) in [5.74, 6) is -0.560. The Morgan fingerprint density at radius 2 is 2.33 bits per heavy atom. The largest absolute Gasteiger partial charge is 0.398 e. The van der Waals surface area contributed by atoms with Gasteiger partial charge in [0.05, 0.1) is 10.2 Å². The van der Waals surface area contributed by atoms with Crippen molar-refractivity contribution in [3.63, 3.8) is 0 Å². The maximum absolute atomic E-state index is 12.1. The van der Waals surface area contributed by atoms with Crippen LogP contribution in [-0.2, 0) is 0 Å². The number of halogens is 2. The van der Waals surface area contributed by atoms with Gasteiger partial charge in [0.1, 0.15) is 0 Å². The van der Waals surface area contributed by atoms with E-state index in [2.05, 4.69) is 20.9 Å². The van der Waals surface area contributed by atoms with Crippen LogP contribution in [-0.4, -0.2) is 4.98 Å². The molecule has 2 nitrogen and oxygen atoms in total. The molecule has 0 aliphatic carbocycles. The number of rotatable bonds is 0. The van der Waals surface area contributed by atoms with Gasteiger partial charge in [0.15, 0.2) is 0 Å². The predicted octanol–water partition coefficient (Wildman–Crippen LogP) is 1.57. The SMILES string of the molecule is Nc1cc(F)ncc1Br. The van der Waals surface area contributed by atoms with E-state index in [1.807, 2.05) is 0 Å². The Bertz CT molecular complexity index is 226. The molecule has 1 aromatic heterocycles. The van der Waals surface area contributed by atoms with Gasteiger partial charge in [0.2, 0.25) is 5.95 Å². The van der Waals surface area contributed by atoms with Crippen LogP contribution in [0.2, 0.25) is 0 Å². The topological polar surface area (TPSA) is 38.9 Å². The van der Waals surface area contributed by atoms with E-state index >= 15 is 0 Å². The molecule has 0 fully saturated rings. The smallest absolute Gasteiger partial charge is 0.214 e. The molecular formula is C5H4BrFN2. The first-order chi connectivity index (χ1) is 4.20. The molecule has 0 spiro atoms. The molecule has 2 N–H and O–H groups in total. The van der Waals surface area contributed by atoms with Crippen LogP contribution in [0.3, 0.4) is 0 Å². The summed E-state index contributed by atoms with van der Waals surface area (Å²) in [6.07, 6.45) is 1.32. The highest BCUT2D eigenvalue weighted by atomic mass is 79.9. The third kappa shape index (κ3) is 1.38. The van der Waals surface area contributed by atoms with Crippen molar-refractivity contribution in [3.05, 3.63) is 22.7 Å². The molecule has 0 aliphatic heterocycles. The van der Waals surface area contributed by atoms with Gasteiger partial charge in [-0.15, -0.1) is 0 Å². The summed E-state index contributed by atoms with van der Waals surface area (Å²) in [7, 11) is 0. The van der Waals surface area contributed by atoms with Crippen LogP contribution in [0.15, 0.2) is 16.7 Å². The predicted molar refractivity (Wildman–Crippen MR) is 36.3 cm³/mol. The average molecular weight is 191 g/mol. The number of aromatic nitrogens is 1. The third-order valence-electron chi connectivity index (χ3n) is 0.852. The second-order valence-corrected chi connectivity index (χ2v) is 2.38. The second kappa shape index (κ2) is 2.31. The fourth-order valence-corrected chi connectivity index (χ4v) is 0.644. The minimum atomic E-state index is -0.560. The van der Waals surface area contributed by atoms with Crippen LogP contribution < -0.4 is 5.73 Å². The van der Waals surface area contributed by atoms with Crippen LogP contribution in [0.4, 0.5) is 10.1 Å². The van der Waals surface area contributed by atoms with E-state index in [1.165, 1.54) is 6.20 Å². The summed E-state index contributed by atoms with van der Waals surface area (Å²) in [5, 5.41) is 0. The lowest BCUT2D eigenvalue weighted by Crippen LogP contribution is -1.89. The van der Waals surface area contributed by atoms with E-state index in [9.17, 15) is 4.39 Å². The lowest BCUT2D eigenvalue weighted by atomic mass is 10.4. The van der Waals surface area contributed by atoms with Gasteiger partial charge in [0.25, 0.3) is 0 Å². The Morgan fingerprint density at radius 1 is 1.67 bits per heavy atom. The van der Waals surface area contributed by atoms with Gasteiger partial charge in [-0.3, -0.25) is 0 Å². The molecule has 0 amide bonds. The number of hydrogen-bond acceptors (Lipinski definition) is 2. The van der Waals surface area contributed by atoms with Crippen LogP contribution >= 0.6 is 15.9 Å². The lowest BCUT2D eigenvalue weighted by Gasteiger charge is -1.93. The molecule has 0 aliphatic rings. The summed E-state index contributed by atoms with van der Waals surface area (Å²) >= 11 is 3.08. The van der Waals surface area contributed by atoms with Gasteiger partial charge in [-0.05, 0) is 15.9 Å². The molecule has 4 heteroatoms. The zero-order valence-electron chi connectivity index (χ0n) is 4.44. The van der Waals surface area contributed by atoms with Gasteiger partial charge in [-0.25, -0.2) is 4.98 Å². The number of anilines is 1. The fraction of sp³-hybridized carbons (Fsp3) is 0. The second-order valence-electron chi connectivity index (χ2n) is 1.53. The molecule has 48 valence electrons. The van der Waals surface area contributed by atoms with Crippen LogP contribution in [0.25, 0.3) is 0 Å². The molecule has 0 radical (unpaired) electrons. The Morgan fingerprint density at radius 3 is 2.78 bits per heavy atom. The van der Waals surface area contributed by atoms with Crippen molar-refractivity contribution in [1.29, 1.82) is 0 Å². The van der Waals surface area contributed by atoms with Crippen LogP contribution in [0.5, 0.6) is 0 Å². The summed E-state index contributed by atoms with van der Waals surface area (Å²) in [6, 6.07) is 1.16. The maximum Gasteiger partial charge on any atom is 0.214 e. The summed E-state index contributed by atoms with van der Waals surface area (Å²) in [4.78, 5) is 3.35. The average Bonchev–Trinajstić information content (AvgIpc) is 1.80. The molecule has 0 aromatic carbocycles. The molecular weight excluding hydrogens is 187 g/mol. The molecule has 1 aromatic rings. The number of pyridine rings is 1. The monoisotopic (exact) mass is 190 g/mol. The molecule has 0 atom stereocenters. The van der Waals surface area contributed by atoms with Gasteiger partial charge in [-0.2, -0.15) is 4.39 Å². The summed E-state index contributed by atoms with van der Waals surface area (Å²) in [6.45, 7) is 0. The Labute approximate surface area is 60.0 Å². The third-order valence-corrected chi connectivity index (χ3v) is 1.51. The first kappa shape index (κ1) is 6.48. The number of nitrogens with two attached hydrogens (primary N) is 1. The summed E-state index contributed by atoms with van der Waals surface area (Å²) in [5.41, 5.74) is 5.66. The van der Waals surface area contributed by atoms with Crippen molar-refractivity contribution < 1.29 is 4.39 Å². The molecule has 0 saturated heterocycles. The molecule has 0 bridgehead atoms. The van der Waals surface area contributed by atoms with Crippen molar-refractivity contribution in [2.45, 2.75) is 0 Å². The Balaban J connectivity index is 3.17. The normalized spacial score (nSPS) is 9.56. The Kier molecular flexibility index (Phi) is 1.66. The molecule has 9 heavy (non-hydrogen) atoms. The molecule has 0 saturated carbocycles.